The molecule has 0 saturated heterocycles. The molecule has 0 aliphatic heterocycles. The van der Waals surface area contributed by atoms with Crippen LogP contribution in [0.15, 0.2) is 23.0 Å². The molecule has 5 nitrogen and oxygen atoms in total. The van der Waals surface area contributed by atoms with E-state index in [2.05, 4.69) is 20.6 Å². The molecule has 0 aliphatic carbocycles. The van der Waals surface area contributed by atoms with Gasteiger partial charge in [0.25, 0.3) is 0 Å². The molecular weight excluding hydrogens is 156 g/mol. The summed E-state index contributed by atoms with van der Waals surface area (Å²) >= 11 is 0. The lowest BCUT2D eigenvalue weighted by Crippen LogP contribution is -1.73. The molecule has 2 aromatic heterocycles. The lowest BCUT2D eigenvalue weighted by Gasteiger charge is -1.78. The van der Waals surface area contributed by atoms with Gasteiger partial charge in [-0.05, 0) is 23.4 Å². The molecular formula is C7H6N4O. The predicted octanol–water partition coefficient (Wildman–Crippen LogP) is 0.963. The number of aromatic amines is 1. The van der Waals surface area contributed by atoms with Crippen LogP contribution in [-0.4, -0.2) is 20.6 Å². The molecule has 0 unspecified atom stereocenters. The van der Waals surface area contributed by atoms with Crippen LogP contribution in [0, 0.1) is 0 Å². The summed E-state index contributed by atoms with van der Waals surface area (Å²) in [5.41, 5.74) is 0.972. The van der Waals surface area contributed by atoms with Crippen molar-refractivity contribution in [3.63, 3.8) is 0 Å². The van der Waals surface area contributed by atoms with Crippen molar-refractivity contribution in [3.05, 3.63) is 30.0 Å². The van der Waals surface area contributed by atoms with Crippen LogP contribution in [0.1, 0.15) is 11.4 Å². The second-order valence-electron chi connectivity index (χ2n) is 2.16. The maximum atomic E-state index is 4.87. The Hall–Kier alpha value is -1.91. The second-order valence-corrected chi connectivity index (χ2v) is 2.16. The second kappa shape index (κ2) is 3.00. The van der Waals surface area contributed by atoms with Gasteiger partial charge >= 0.3 is 0 Å². The molecule has 12 heavy (non-hydrogen) atoms. The molecule has 0 spiro atoms. The van der Waals surface area contributed by atoms with E-state index in [1.54, 1.807) is 18.6 Å². The van der Waals surface area contributed by atoms with Crippen LogP contribution in [-0.2, 0) is 0 Å². The summed E-state index contributed by atoms with van der Waals surface area (Å²) in [4.78, 5) is 0. The van der Waals surface area contributed by atoms with E-state index >= 15 is 0 Å². The number of H-pyrrole nitrogens is 1. The highest BCUT2D eigenvalue weighted by Crippen LogP contribution is 2.03. The van der Waals surface area contributed by atoms with Crippen molar-refractivity contribution in [1.29, 1.82) is 0 Å². The maximum absolute atomic E-state index is 4.87. The maximum Gasteiger partial charge on any atom is 0.197 e. The highest BCUT2D eigenvalue weighted by molar-refractivity contribution is 5.65. The predicted molar refractivity (Wildman–Crippen MR) is 41.8 cm³/mol. The van der Waals surface area contributed by atoms with E-state index in [9.17, 15) is 0 Å². The summed E-state index contributed by atoms with van der Waals surface area (Å²) in [5, 5.41) is 13.3. The van der Waals surface area contributed by atoms with Gasteiger partial charge in [0.2, 0.25) is 0 Å². The van der Waals surface area contributed by atoms with Gasteiger partial charge in [0, 0.05) is 5.56 Å². The largest absolute Gasteiger partial charge is 0.472 e. The van der Waals surface area contributed by atoms with Crippen molar-refractivity contribution in [2.24, 2.45) is 0 Å². The van der Waals surface area contributed by atoms with E-state index in [1.807, 2.05) is 12.1 Å². The Morgan fingerprint density at radius 1 is 1.42 bits per heavy atom. The monoisotopic (exact) mass is 162 g/mol. The molecule has 5 heteroatoms. The molecule has 1 N–H and O–H groups in total. The first-order chi connectivity index (χ1) is 5.95. The summed E-state index contributed by atoms with van der Waals surface area (Å²) in [5.74, 6) is 0.552. The van der Waals surface area contributed by atoms with Crippen LogP contribution in [0.5, 0.6) is 0 Å². The normalized spacial score (nSPS) is 11.0. The van der Waals surface area contributed by atoms with E-state index in [-0.39, 0.29) is 0 Å². The molecule has 2 heterocycles. The zero-order chi connectivity index (χ0) is 8.23. The van der Waals surface area contributed by atoms with Crippen molar-refractivity contribution < 1.29 is 4.42 Å². The Bertz CT molecular complexity index is 312. The van der Waals surface area contributed by atoms with Gasteiger partial charge in [0.05, 0.1) is 12.5 Å². The molecule has 0 atom stereocenters. The summed E-state index contributed by atoms with van der Waals surface area (Å²) < 4.78 is 4.87. The number of aromatic nitrogens is 4. The number of hydrogen-bond donors (Lipinski definition) is 1. The number of nitrogens with zero attached hydrogens (tertiary/aromatic N) is 3. The summed E-state index contributed by atoms with van der Waals surface area (Å²) in [6.45, 7) is 0. The quantitative estimate of drug-likeness (QED) is 0.714. The van der Waals surface area contributed by atoms with Gasteiger partial charge in [-0.15, -0.1) is 10.2 Å². The highest BCUT2D eigenvalue weighted by atomic mass is 16.3. The molecule has 0 radical (unpaired) electrons. The number of nitrogens with one attached hydrogen (secondary N) is 1. The van der Waals surface area contributed by atoms with Gasteiger partial charge < -0.3 is 4.42 Å². The summed E-state index contributed by atoms with van der Waals surface area (Å²) in [7, 11) is 0. The first kappa shape index (κ1) is 6.78. The Kier molecular flexibility index (Phi) is 1.69. The van der Waals surface area contributed by atoms with Crippen LogP contribution in [0.25, 0.3) is 12.2 Å². The highest BCUT2D eigenvalue weighted by Gasteiger charge is 1.90. The molecule has 0 aliphatic rings. The van der Waals surface area contributed by atoms with Gasteiger partial charge in [0.15, 0.2) is 5.82 Å². The van der Waals surface area contributed by atoms with Crippen LogP contribution >= 0.6 is 0 Å². The fourth-order valence-electron chi connectivity index (χ4n) is 0.781. The standard InChI is InChI=1S/C7H6N4O/c1(6-3-4-12-5-6)2-7-8-10-11-9-7/h1-5H,(H,8,9,10,11). The lowest BCUT2D eigenvalue weighted by atomic mass is 10.3. The van der Waals surface area contributed by atoms with Gasteiger partial charge in [-0.25, -0.2) is 0 Å². The Balaban J connectivity index is 2.14. The number of rotatable bonds is 2. The molecule has 0 saturated carbocycles. The van der Waals surface area contributed by atoms with Crippen molar-refractivity contribution in [3.8, 4) is 0 Å². The van der Waals surface area contributed by atoms with Crippen LogP contribution in [0.3, 0.4) is 0 Å². The molecule has 60 valence electrons. The smallest absolute Gasteiger partial charge is 0.197 e. The average Bonchev–Trinajstić information content (AvgIpc) is 2.74. The SMILES string of the molecule is C(=Cc1nn[nH]n1)c1ccoc1. The van der Waals surface area contributed by atoms with E-state index in [4.69, 9.17) is 4.42 Å². The lowest BCUT2D eigenvalue weighted by molar-refractivity contribution is 0.567. The van der Waals surface area contributed by atoms with Gasteiger partial charge in [-0.2, -0.15) is 5.21 Å². The summed E-state index contributed by atoms with van der Waals surface area (Å²) in [6.07, 6.45) is 6.83. The third-order valence-electron chi connectivity index (χ3n) is 1.33. The van der Waals surface area contributed by atoms with E-state index in [0.29, 0.717) is 5.82 Å². The van der Waals surface area contributed by atoms with Gasteiger partial charge in [-0.1, -0.05) is 0 Å². The van der Waals surface area contributed by atoms with Crippen LogP contribution < -0.4 is 0 Å². The zero-order valence-electron chi connectivity index (χ0n) is 6.14. The third-order valence-corrected chi connectivity index (χ3v) is 1.33. The minimum absolute atomic E-state index is 0.552. The topological polar surface area (TPSA) is 67.6 Å². The van der Waals surface area contributed by atoms with Crippen molar-refractivity contribution in [2.45, 2.75) is 0 Å². The molecule has 0 bridgehead atoms. The van der Waals surface area contributed by atoms with Crippen LogP contribution in [0.2, 0.25) is 0 Å². The summed E-state index contributed by atoms with van der Waals surface area (Å²) in [6, 6.07) is 1.84. The van der Waals surface area contributed by atoms with E-state index in [0.717, 1.165) is 5.56 Å². The van der Waals surface area contributed by atoms with Crippen molar-refractivity contribution in [1.82, 2.24) is 20.6 Å². The number of hydrogen-bond acceptors (Lipinski definition) is 4. The minimum Gasteiger partial charge on any atom is -0.472 e. The molecule has 2 aromatic rings. The van der Waals surface area contributed by atoms with Crippen LogP contribution in [0.4, 0.5) is 0 Å². The van der Waals surface area contributed by atoms with E-state index in [1.165, 1.54) is 0 Å². The molecule has 2 rings (SSSR count). The molecule has 0 amide bonds. The average molecular weight is 162 g/mol. The van der Waals surface area contributed by atoms with Gasteiger partial charge in [0.1, 0.15) is 0 Å². The zero-order valence-corrected chi connectivity index (χ0v) is 6.14. The Morgan fingerprint density at radius 2 is 2.42 bits per heavy atom. The van der Waals surface area contributed by atoms with Crippen molar-refractivity contribution >= 4 is 12.2 Å². The van der Waals surface area contributed by atoms with Gasteiger partial charge in [-0.3, -0.25) is 0 Å². The fourth-order valence-corrected chi connectivity index (χ4v) is 0.781. The first-order valence-electron chi connectivity index (χ1n) is 3.39. The number of furan rings is 1. The molecule has 0 fully saturated rings. The minimum atomic E-state index is 0.552. The molecule has 0 aromatic carbocycles. The Morgan fingerprint density at radius 3 is 3.08 bits per heavy atom. The third kappa shape index (κ3) is 1.39. The fraction of sp³-hybridized carbons (Fsp3) is 0. The number of tetrazole rings is 1. The van der Waals surface area contributed by atoms with E-state index < -0.39 is 0 Å². The van der Waals surface area contributed by atoms with Crippen molar-refractivity contribution in [2.75, 3.05) is 0 Å². The first-order valence-corrected chi connectivity index (χ1v) is 3.39. The Labute approximate surface area is 68.1 Å².